The van der Waals surface area contributed by atoms with E-state index < -0.39 is 23.5 Å². The number of hydrogen-bond acceptors (Lipinski definition) is 5. The summed E-state index contributed by atoms with van der Waals surface area (Å²) in [7, 11) is 3.86. The van der Waals surface area contributed by atoms with E-state index >= 15 is 0 Å². The van der Waals surface area contributed by atoms with E-state index in [1.807, 2.05) is 19.0 Å². The van der Waals surface area contributed by atoms with Crippen LogP contribution in [0.5, 0.6) is 0 Å². The van der Waals surface area contributed by atoms with Gasteiger partial charge in [-0.25, -0.2) is 4.39 Å². The number of aliphatic hydroxyl groups is 1. The Bertz CT molecular complexity index is 895. The van der Waals surface area contributed by atoms with Gasteiger partial charge in [0, 0.05) is 18.3 Å². The Kier molecular flexibility index (Phi) is 5.84. The number of nitrogens with zero attached hydrogens (tertiary/aromatic N) is 3. The van der Waals surface area contributed by atoms with E-state index in [2.05, 4.69) is 4.98 Å². The first-order valence-corrected chi connectivity index (χ1v) is 9.00. The van der Waals surface area contributed by atoms with Crippen LogP contribution < -0.4 is 0 Å². The second-order valence-corrected chi connectivity index (χ2v) is 6.91. The van der Waals surface area contributed by atoms with Gasteiger partial charge in [0.1, 0.15) is 17.6 Å². The largest absolute Gasteiger partial charge is 0.507 e. The molecule has 3 rings (SSSR count). The van der Waals surface area contributed by atoms with Crippen molar-refractivity contribution in [3.05, 3.63) is 71.3 Å². The van der Waals surface area contributed by atoms with Crippen molar-refractivity contribution in [3.63, 3.8) is 0 Å². The minimum absolute atomic E-state index is 0.0276. The second-order valence-electron chi connectivity index (χ2n) is 6.91. The molecule has 1 saturated heterocycles. The molecule has 1 aromatic carbocycles. The van der Waals surface area contributed by atoms with Gasteiger partial charge in [-0.2, -0.15) is 0 Å². The van der Waals surface area contributed by atoms with Gasteiger partial charge in [-0.05, 0) is 63.5 Å². The van der Waals surface area contributed by atoms with Crippen molar-refractivity contribution in [2.75, 3.05) is 27.2 Å². The molecule has 1 unspecified atom stereocenters. The molecule has 0 saturated carbocycles. The molecule has 1 atom stereocenters. The fourth-order valence-electron chi connectivity index (χ4n) is 3.28. The molecular formula is C21H22FN3O3. The van der Waals surface area contributed by atoms with Crippen molar-refractivity contribution in [3.8, 4) is 0 Å². The Balaban J connectivity index is 2.06. The monoisotopic (exact) mass is 383 g/mol. The number of hydrogen-bond donors (Lipinski definition) is 1. The first-order chi connectivity index (χ1) is 13.4. The molecule has 2 heterocycles. The molecule has 7 heteroatoms. The summed E-state index contributed by atoms with van der Waals surface area (Å²) in [5.74, 6) is -2.22. The number of likely N-dealkylation sites (tertiary alicyclic amines) is 1. The van der Waals surface area contributed by atoms with Crippen molar-refractivity contribution in [2.24, 2.45) is 0 Å². The summed E-state index contributed by atoms with van der Waals surface area (Å²) < 4.78 is 13.2. The highest BCUT2D eigenvalue weighted by atomic mass is 19.1. The number of Topliss-reactive ketones (excluding diaryl/α,β-unsaturated/α-hetero) is 1. The lowest BCUT2D eigenvalue weighted by atomic mass is 9.98. The third-order valence-electron chi connectivity index (χ3n) is 4.63. The topological polar surface area (TPSA) is 73.7 Å². The zero-order valence-corrected chi connectivity index (χ0v) is 15.8. The number of benzene rings is 1. The Hall–Kier alpha value is -3.06. The number of carbonyl (C=O) groups is 2. The van der Waals surface area contributed by atoms with Gasteiger partial charge in [0.05, 0.1) is 11.3 Å². The Morgan fingerprint density at radius 3 is 2.50 bits per heavy atom. The van der Waals surface area contributed by atoms with Crippen LogP contribution in [0.2, 0.25) is 0 Å². The van der Waals surface area contributed by atoms with Crippen LogP contribution >= 0.6 is 0 Å². The predicted molar refractivity (Wildman–Crippen MR) is 103 cm³/mol. The summed E-state index contributed by atoms with van der Waals surface area (Å²) in [5.41, 5.74) is 0.740. The van der Waals surface area contributed by atoms with Crippen LogP contribution in [0, 0.1) is 5.82 Å². The summed E-state index contributed by atoms with van der Waals surface area (Å²) in [6.45, 7) is 1.10. The third kappa shape index (κ3) is 3.94. The van der Waals surface area contributed by atoms with Crippen LogP contribution in [0.3, 0.4) is 0 Å². The summed E-state index contributed by atoms with van der Waals surface area (Å²) in [6.07, 6.45) is 2.24. The fourth-order valence-corrected chi connectivity index (χ4v) is 3.28. The minimum Gasteiger partial charge on any atom is -0.507 e. The molecule has 0 spiro atoms. The number of ketones is 1. The zero-order chi connectivity index (χ0) is 20.3. The fraction of sp³-hybridized carbons (Fsp3) is 0.286. The summed E-state index contributed by atoms with van der Waals surface area (Å²) in [5, 5.41) is 10.8. The molecule has 146 valence electrons. The van der Waals surface area contributed by atoms with Crippen molar-refractivity contribution < 1.29 is 19.1 Å². The Labute approximate surface area is 162 Å². The van der Waals surface area contributed by atoms with E-state index in [9.17, 15) is 19.1 Å². The van der Waals surface area contributed by atoms with E-state index in [1.165, 1.54) is 29.2 Å². The molecule has 1 aliphatic heterocycles. The van der Waals surface area contributed by atoms with Gasteiger partial charge in [0.2, 0.25) is 0 Å². The molecule has 1 aliphatic rings. The quantitative estimate of drug-likeness (QED) is 0.472. The lowest BCUT2D eigenvalue weighted by Gasteiger charge is -2.25. The molecule has 0 aliphatic carbocycles. The highest BCUT2D eigenvalue weighted by Crippen LogP contribution is 2.38. The van der Waals surface area contributed by atoms with Crippen molar-refractivity contribution >= 4 is 17.4 Å². The molecule has 0 radical (unpaired) electrons. The number of carbonyl (C=O) groups excluding carboxylic acids is 2. The van der Waals surface area contributed by atoms with Crippen LogP contribution in [-0.4, -0.2) is 58.8 Å². The van der Waals surface area contributed by atoms with Gasteiger partial charge in [0.25, 0.3) is 11.7 Å². The van der Waals surface area contributed by atoms with Crippen LogP contribution in [-0.2, 0) is 9.59 Å². The lowest BCUT2D eigenvalue weighted by molar-refractivity contribution is -0.140. The van der Waals surface area contributed by atoms with Crippen LogP contribution in [0.4, 0.5) is 4.39 Å². The molecule has 1 fully saturated rings. The number of amides is 1. The number of aromatic nitrogens is 1. The maximum atomic E-state index is 13.2. The van der Waals surface area contributed by atoms with Gasteiger partial charge < -0.3 is 14.9 Å². The number of rotatable bonds is 6. The number of pyridine rings is 1. The molecule has 1 aromatic heterocycles. The van der Waals surface area contributed by atoms with Crippen molar-refractivity contribution in [1.29, 1.82) is 0 Å². The standard InChI is InChI=1S/C21H22FN3O3/c1-24(2)12-5-13-25-18(16-6-3-4-11-23-16)17(20(27)21(25)28)19(26)14-7-9-15(22)10-8-14/h3-4,6-11,18,26H,5,12-13H2,1-2H3/b19-17-. The van der Waals surface area contributed by atoms with E-state index in [4.69, 9.17) is 0 Å². The molecular weight excluding hydrogens is 361 g/mol. The average Bonchev–Trinajstić information content (AvgIpc) is 2.93. The van der Waals surface area contributed by atoms with Gasteiger partial charge in [-0.1, -0.05) is 6.07 Å². The Morgan fingerprint density at radius 1 is 1.18 bits per heavy atom. The summed E-state index contributed by atoms with van der Waals surface area (Å²) >= 11 is 0. The van der Waals surface area contributed by atoms with Gasteiger partial charge in [-0.3, -0.25) is 14.6 Å². The van der Waals surface area contributed by atoms with Gasteiger partial charge in [-0.15, -0.1) is 0 Å². The molecule has 6 nitrogen and oxygen atoms in total. The van der Waals surface area contributed by atoms with Crippen LogP contribution in [0.1, 0.15) is 23.7 Å². The maximum Gasteiger partial charge on any atom is 0.295 e. The van der Waals surface area contributed by atoms with Crippen LogP contribution in [0.25, 0.3) is 5.76 Å². The highest BCUT2D eigenvalue weighted by molar-refractivity contribution is 6.46. The van der Waals surface area contributed by atoms with Crippen molar-refractivity contribution in [2.45, 2.75) is 12.5 Å². The molecule has 28 heavy (non-hydrogen) atoms. The molecule has 2 aromatic rings. The minimum atomic E-state index is -0.784. The first-order valence-electron chi connectivity index (χ1n) is 9.00. The van der Waals surface area contributed by atoms with E-state index in [0.29, 0.717) is 18.7 Å². The van der Waals surface area contributed by atoms with Gasteiger partial charge in [0.15, 0.2) is 0 Å². The van der Waals surface area contributed by atoms with Crippen LogP contribution in [0.15, 0.2) is 54.2 Å². The smallest absolute Gasteiger partial charge is 0.295 e. The zero-order valence-electron chi connectivity index (χ0n) is 15.8. The maximum absolute atomic E-state index is 13.2. The third-order valence-corrected chi connectivity index (χ3v) is 4.63. The lowest BCUT2D eigenvalue weighted by Crippen LogP contribution is -2.32. The highest BCUT2D eigenvalue weighted by Gasteiger charge is 2.46. The average molecular weight is 383 g/mol. The molecule has 1 N–H and O–H groups in total. The number of aliphatic hydroxyl groups excluding tert-OH is 1. The number of halogens is 1. The van der Waals surface area contributed by atoms with E-state index in [-0.39, 0.29) is 16.9 Å². The van der Waals surface area contributed by atoms with E-state index in [1.54, 1.807) is 24.4 Å². The predicted octanol–water partition coefficient (Wildman–Crippen LogP) is 2.59. The normalized spacial score (nSPS) is 18.9. The molecule has 1 amide bonds. The van der Waals surface area contributed by atoms with Gasteiger partial charge >= 0.3 is 0 Å². The summed E-state index contributed by atoms with van der Waals surface area (Å²) in [6, 6.07) is 9.57. The summed E-state index contributed by atoms with van der Waals surface area (Å²) in [4.78, 5) is 33.2. The second kappa shape index (κ2) is 8.31. The first kappa shape index (κ1) is 19.7. The Morgan fingerprint density at radius 2 is 1.89 bits per heavy atom. The van der Waals surface area contributed by atoms with E-state index in [0.717, 1.165) is 6.54 Å². The molecule has 0 bridgehead atoms. The SMILES string of the molecule is CN(C)CCCN1C(=O)C(=O)/C(=C(\O)c2ccc(F)cc2)C1c1ccccn1. The van der Waals surface area contributed by atoms with Crippen molar-refractivity contribution in [1.82, 2.24) is 14.8 Å².